The number of carbonyl (C=O) groups is 1. The van der Waals surface area contributed by atoms with Crippen LogP contribution in [0.15, 0.2) is 0 Å². The predicted molar refractivity (Wildman–Crippen MR) is 47.6 cm³/mol. The topological polar surface area (TPSA) is 52.3 Å². The van der Waals surface area contributed by atoms with Gasteiger partial charge in [0.2, 0.25) is 0 Å². The van der Waals surface area contributed by atoms with Crippen molar-refractivity contribution in [1.29, 1.82) is 0 Å². The molecule has 0 aliphatic carbocycles. The van der Waals surface area contributed by atoms with Crippen LogP contribution in [0.4, 0.5) is 0 Å². The largest absolute Gasteiger partial charge is 0.465 e. The Bertz CT molecular complexity index is 119. The number of halogens is 1. The molecule has 0 aliphatic heterocycles. The monoisotopic (exact) mass is 223 g/mol. The van der Waals surface area contributed by atoms with Gasteiger partial charge in [0.25, 0.3) is 0 Å². The molecule has 0 aromatic rings. The number of hydrogen-bond donors (Lipinski definition) is 1. The molecule has 0 amide bonds. The van der Waals surface area contributed by atoms with Gasteiger partial charge >= 0.3 is 5.97 Å². The molecule has 1 unspecified atom stereocenters. The lowest BCUT2D eigenvalue weighted by Crippen LogP contribution is -2.33. The molecule has 0 radical (unpaired) electrons. The van der Waals surface area contributed by atoms with Gasteiger partial charge in [-0.15, -0.1) is 0 Å². The number of alkyl halides is 1. The Morgan fingerprint density at radius 2 is 2.36 bits per heavy atom. The molecule has 0 heterocycles. The maximum Gasteiger partial charge on any atom is 0.323 e. The lowest BCUT2D eigenvalue weighted by molar-refractivity contribution is -0.144. The van der Waals surface area contributed by atoms with Gasteiger partial charge in [0.05, 0.1) is 6.61 Å². The molecule has 0 aromatic heterocycles. The third-order valence-corrected chi connectivity index (χ3v) is 1.91. The summed E-state index contributed by atoms with van der Waals surface area (Å²) in [6, 6.07) is -0.521. The number of hydrogen-bond acceptors (Lipinski definition) is 3. The van der Waals surface area contributed by atoms with Crippen molar-refractivity contribution >= 4 is 21.9 Å². The molecule has 1 atom stereocenters. The van der Waals surface area contributed by atoms with Crippen LogP contribution in [0.5, 0.6) is 0 Å². The number of esters is 1. The summed E-state index contributed by atoms with van der Waals surface area (Å²) in [5, 5.41) is 0.456. The van der Waals surface area contributed by atoms with Crippen molar-refractivity contribution in [2.75, 3.05) is 11.9 Å². The molecule has 4 heteroatoms. The Labute approximate surface area is 75.4 Å². The first-order valence-electron chi connectivity index (χ1n) is 3.70. The summed E-state index contributed by atoms with van der Waals surface area (Å²) in [6.07, 6.45) is 1.93. The SMILES string of the molecule is CCCCOC(=O)C(N)CBr. The van der Waals surface area contributed by atoms with E-state index in [1.54, 1.807) is 0 Å². The van der Waals surface area contributed by atoms with Crippen LogP contribution in [-0.4, -0.2) is 23.9 Å². The van der Waals surface area contributed by atoms with Crippen LogP contribution < -0.4 is 5.73 Å². The van der Waals surface area contributed by atoms with Crippen LogP contribution in [0.3, 0.4) is 0 Å². The number of rotatable bonds is 5. The number of unbranched alkanes of at least 4 members (excludes halogenated alkanes) is 1. The van der Waals surface area contributed by atoms with Gasteiger partial charge in [0.15, 0.2) is 0 Å². The molecule has 0 aromatic carbocycles. The Morgan fingerprint density at radius 3 is 2.82 bits per heavy atom. The minimum atomic E-state index is -0.521. The fraction of sp³-hybridized carbons (Fsp3) is 0.857. The van der Waals surface area contributed by atoms with Gasteiger partial charge in [-0.2, -0.15) is 0 Å². The van der Waals surface area contributed by atoms with Gasteiger partial charge in [0, 0.05) is 5.33 Å². The molecule has 2 N–H and O–H groups in total. The Kier molecular flexibility index (Phi) is 6.56. The zero-order valence-corrected chi connectivity index (χ0v) is 8.26. The van der Waals surface area contributed by atoms with Crippen LogP contribution in [0, 0.1) is 0 Å². The first-order chi connectivity index (χ1) is 5.22. The number of carbonyl (C=O) groups excluding carboxylic acids is 1. The number of ether oxygens (including phenoxy) is 1. The number of nitrogens with two attached hydrogens (primary N) is 1. The van der Waals surface area contributed by atoms with Crippen molar-refractivity contribution in [1.82, 2.24) is 0 Å². The second kappa shape index (κ2) is 6.61. The first-order valence-corrected chi connectivity index (χ1v) is 4.82. The molecule has 0 saturated heterocycles. The molecular formula is C7H14BrNO2. The van der Waals surface area contributed by atoms with Crippen molar-refractivity contribution in [3.05, 3.63) is 0 Å². The van der Waals surface area contributed by atoms with E-state index in [2.05, 4.69) is 15.9 Å². The summed E-state index contributed by atoms with van der Waals surface area (Å²) in [5.41, 5.74) is 5.38. The molecular weight excluding hydrogens is 210 g/mol. The molecule has 0 saturated carbocycles. The summed E-state index contributed by atoms with van der Waals surface area (Å²) < 4.78 is 4.84. The first kappa shape index (κ1) is 10.9. The average molecular weight is 224 g/mol. The standard InChI is InChI=1S/C7H14BrNO2/c1-2-3-4-11-7(10)6(9)5-8/h6H,2-5,9H2,1H3. The lowest BCUT2D eigenvalue weighted by atomic mass is 10.3. The summed E-state index contributed by atoms with van der Waals surface area (Å²) in [4.78, 5) is 10.9. The normalized spacial score (nSPS) is 12.6. The van der Waals surface area contributed by atoms with Gasteiger partial charge in [-0.05, 0) is 6.42 Å². The van der Waals surface area contributed by atoms with E-state index in [1.165, 1.54) is 0 Å². The van der Waals surface area contributed by atoms with E-state index in [0.717, 1.165) is 12.8 Å². The van der Waals surface area contributed by atoms with Crippen LogP contribution in [0.1, 0.15) is 19.8 Å². The van der Waals surface area contributed by atoms with Gasteiger partial charge in [-0.1, -0.05) is 29.3 Å². The van der Waals surface area contributed by atoms with Crippen molar-refractivity contribution in [2.45, 2.75) is 25.8 Å². The molecule has 0 rings (SSSR count). The van der Waals surface area contributed by atoms with E-state index in [1.807, 2.05) is 6.92 Å². The second-order valence-corrected chi connectivity index (χ2v) is 2.93. The van der Waals surface area contributed by atoms with Crippen molar-refractivity contribution in [3.8, 4) is 0 Å². The van der Waals surface area contributed by atoms with Crippen LogP contribution in [0.2, 0.25) is 0 Å². The van der Waals surface area contributed by atoms with Gasteiger partial charge < -0.3 is 10.5 Å². The Morgan fingerprint density at radius 1 is 1.73 bits per heavy atom. The molecule has 0 spiro atoms. The molecule has 0 bridgehead atoms. The highest BCUT2D eigenvalue weighted by molar-refractivity contribution is 9.09. The minimum absolute atomic E-state index is 0.324. The second-order valence-electron chi connectivity index (χ2n) is 2.28. The third-order valence-electron chi connectivity index (χ3n) is 1.21. The maximum absolute atomic E-state index is 10.9. The molecule has 0 aliphatic rings. The average Bonchev–Trinajstić information content (AvgIpc) is 2.03. The maximum atomic E-state index is 10.9. The fourth-order valence-electron chi connectivity index (χ4n) is 0.487. The summed E-state index contributed by atoms with van der Waals surface area (Å²) in [7, 11) is 0. The summed E-state index contributed by atoms with van der Waals surface area (Å²) in [5.74, 6) is -0.324. The highest BCUT2D eigenvalue weighted by atomic mass is 79.9. The van der Waals surface area contributed by atoms with Crippen molar-refractivity contribution < 1.29 is 9.53 Å². The zero-order chi connectivity index (χ0) is 8.69. The van der Waals surface area contributed by atoms with Gasteiger partial charge in [0.1, 0.15) is 6.04 Å². The van der Waals surface area contributed by atoms with Crippen molar-refractivity contribution in [3.63, 3.8) is 0 Å². The van der Waals surface area contributed by atoms with E-state index in [4.69, 9.17) is 10.5 Å². The summed E-state index contributed by atoms with van der Waals surface area (Å²) >= 11 is 3.10. The molecule has 0 fully saturated rings. The molecule has 66 valence electrons. The van der Waals surface area contributed by atoms with Crippen LogP contribution >= 0.6 is 15.9 Å². The van der Waals surface area contributed by atoms with E-state index in [0.29, 0.717) is 11.9 Å². The van der Waals surface area contributed by atoms with Gasteiger partial charge in [-0.25, -0.2) is 0 Å². The highest BCUT2D eigenvalue weighted by Gasteiger charge is 2.11. The quantitative estimate of drug-likeness (QED) is 0.431. The third kappa shape index (κ3) is 5.21. The van der Waals surface area contributed by atoms with E-state index < -0.39 is 6.04 Å². The fourth-order valence-corrected chi connectivity index (χ4v) is 0.751. The van der Waals surface area contributed by atoms with Crippen LogP contribution in [-0.2, 0) is 9.53 Å². The molecule has 3 nitrogen and oxygen atoms in total. The lowest BCUT2D eigenvalue weighted by Gasteiger charge is -2.07. The zero-order valence-electron chi connectivity index (χ0n) is 6.68. The van der Waals surface area contributed by atoms with Crippen molar-refractivity contribution in [2.24, 2.45) is 5.73 Å². The smallest absolute Gasteiger partial charge is 0.323 e. The molecule has 11 heavy (non-hydrogen) atoms. The van der Waals surface area contributed by atoms with E-state index >= 15 is 0 Å². The Balaban J connectivity index is 3.36. The van der Waals surface area contributed by atoms with Gasteiger partial charge in [-0.3, -0.25) is 4.79 Å². The summed E-state index contributed by atoms with van der Waals surface area (Å²) in [6.45, 7) is 2.52. The minimum Gasteiger partial charge on any atom is -0.465 e. The van der Waals surface area contributed by atoms with E-state index in [-0.39, 0.29) is 5.97 Å². The van der Waals surface area contributed by atoms with E-state index in [9.17, 15) is 4.79 Å². The Hall–Kier alpha value is -0.0900. The predicted octanol–water partition coefficient (Wildman–Crippen LogP) is 1.05. The van der Waals surface area contributed by atoms with Crippen LogP contribution in [0.25, 0.3) is 0 Å². The highest BCUT2D eigenvalue weighted by Crippen LogP contribution is 1.93.